The molecule has 0 atom stereocenters. The van der Waals surface area contributed by atoms with Crippen molar-refractivity contribution in [1.29, 1.82) is 0 Å². The number of anilines is 1. The highest BCUT2D eigenvalue weighted by Gasteiger charge is 2.20. The molecule has 2 aromatic rings. The first kappa shape index (κ1) is 15.3. The third-order valence-corrected chi connectivity index (χ3v) is 3.35. The van der Waals surface area contributed by atoms with Crippen LogP contribution in [-0.2, 0) is 0 Å². The largest absolute Gasteiger partial charge is 0.507 e. The molecule has 0 unspecified atom stereocenters. The van der Waals surface area contributed by atoms with Gasteiger partial charge in [-0.3, -0.25) is 14.4 Å². The Labute approximate surface area is 125 Å². The van der Waals surface area contributed by atoms with Crippen molar-refractivity contribution in [2.75, 3.05) is 5.32 Å². The fourth-order valence-corrected chi connectivity index (χ4v) is 2.00. The molecular weight excluding hydrogens is 286 g/mol. The Morgan fingerprint density at radius 2 is 1.86 bits per heavy atom. The van der Waals surface area contributed by atoms with Gasteiger partial charge in [0.15, 0.2) is 0 Å². The van der Waals surface area contributed by atoms with Gasteiger partial charge in [-0.15, -0.1) is 0 Å². The number of aromatic hydroxyl groups is 1. The summed E-state index contributed by atoms with van der Waals surface area (Å²) in [6.07, 6.45) is 0. The van der Waals surface area contributed by atoms with E-state index in [0.29, 0.717) is 11.3 Å². The van der Waals surface area contributed by atoms with Gasteiger partial charge in [0.1, 0.15) is 11.3 Å². The standard InChI is InChI=1S/C15H15N3O4/c1-7-8(2)17-14(21)11(12(7)19)15(22)18-10-6-4-3-5-9(10)13(16)20/h3-6H,1-2H3,(H2,16,20)(H,18,22)(H2,17,19,21). The van der Waals surface area contributed by atoms with Crippen LogP contribution in [0.15, 0.2) is 29.1 Å². The van der Waals surface area contributed by atoms with E-state index in [0.717, 1.165) is 0 Å². The number of para-hydroxylation sites is 1. The molecule has 22 heavy (non-hydrogen) atoms. The molecule has 1 heterocycles. The fourth-order valence-electron chi connectivity index (χ4n) is 2.00. The monoisotopic (exact) mass is 301 g/mol. The van der Waals surface area contributed by atoms with E-state index in [1.807, 2.05) is 0 Å². The number of nitrogens with one attached hydrogen (secondary N) is 2. The van der Waals surface area contributed by atoms with E-state index in [4.69, 9.17) is 5.73 Å². The van der Waals surface area contributed by atoms with Crippen LogP contribution in [0.2, 0.25) is 0 Å². The molecule has 114 valence electrons. The van der Waals surface area contributed by atoms with Crippen LogP contribution in [0.25, 0.3) is 0 Å². The highest BCUT2D eigenvalue weighted by atomic mass is 16.3. The number of pyridine rings is 1. The number of hydrogen-bond acceptors (Lipinski definition) is 4. The Kier molecular flexibility index (Phi) is 3.98. The number of aromatic amines is 1. The molecule has 0 aliphatic carbocycles. The lowest BCUT2D eigenvalue weighted by Crippen LogP contribution is -2.26. The number of hydrogen-bond donors (Lipinski definition) is 4. The lowest BCUT2D eigenvalue weighted by atomic mass is 10.1. The summed E-state index contributed by atoms with van der Waals surface area (Å²) in [4.78, 5) is 38.0. The number of aryl methyl sites for hydroxylation is 1. The minimum Gasteiger partial charge on any atom is -0.507 e. The number of amides is 2. The van der Waals surface area contributed by atoms with Gasteiger partial charge in [0.2, 0.25) is 0 Å². The van der Waals surface area contributed by atoms with Gasteiger partial charge in [0, 0.05) is 11.3 Å². The highest BCUT2D eigenvalue weighted by Crippen LogP contribution is 2.22. The summed E-state index contributed by atoms with van der Waals surface area (Å²) in [5.74, 6) is -1.93. The SMILES string of the molecule is Cc1[nH]c(=O)c(C(=O)Nc2ccccc2C(N)=O)c(O)c1C. The van der Waals surface area contributed by atoms with Crippen LogP contribution in [0.5, 0.6) is 5.75 Å². The van der Waals surface area contributed by atoms with Crippen LogP contribution < -0.4 is 16.6 Å². The van der Waals surface area contributed by atoms with E-state index in [1.54, 1.807) is 26.0 Å². The summed E-state index contributed by atoms with van der Waals surface area (Å²) in [5, 5.41) is 12.4. The molecule has 7 nitrogen and oxygen atoms in total. The normalized spacial score (nSPS) is 10.3. The Balaban J connectivity index is 2.46. The second-order valence-corrected chi connectivity index (χ2v) is 4.79. The first-order valence-electron chi connectivity index (χ1n) is 6.45. The van der Waals surface area contributed by atoms with Crippen LogP contribution in [0.4, 0.5) is 5.69 Å². The van der Waals surface area contributed by atoms with Crippen molar-refractivity contribution in [3.05, 3.63) is 57.0 Å². The average molecular weight is 301 g/mol. The third-order valence-electron chi connectivity index (χ3n) is 3.35. The van der Waals surface area contributed by atoms with E-state index in [1.165, 1.54) is 12.1 Å². The Morgan fingerprint density at radius 1 is 1.23 bits per heavy atom. The number of benzene rings is 1. The maximum Gasteiger partial charge on any atom is 0.265 e. The number of carbonyl (C=O) groups is 2. The lowest BCUT2D eigenvalue weighted by Gasteiger charge is -2.11. The molecule has 0 fully saturated rings. The van der Waals surface area contributed by atoms with Gasteiger partial charge in [0.05, 0.1) is 11.3 Å². The van der Waals surface area contributed by atoms with Crippen LogP contribution in [0.3, 0.4) is 0 Å². The van der Waals surface area contributed by atoms with Crippen LogP contribution in [0, 0.1) is 13.8 Å². The molecule has 0 aliphatic rings. The summed E-state index contributed by atoms with van der Waals surface area (Å²) >= 11 is 0. The predicted molar refractivity (Wildman–Crippen MR) is 81.1 cm³/mol. The van der Waals surface area contributed by atoms with Gasteiger partial charge in [0.25, 0.3) is 17.4 Å². The van der Waals surface area contributed by atoms with Gasteiger partial charge in [-0.05, 0) is 26.0 Å². The van der Waals surface area contributed by atoms with Crippen LogP contribution >= 0.6 is 0 Å². The van der Waals surface area contributed by atoms with Crippen LogP contribution in [0.1, 0.15) is 32.0 Å². The van der Waals surface area contributed by atoms with Crippen molar-refractivity contribution in [3.8, 4) is 5.75 Å². The maximum absolute atomic E-state index is 12.3. The third kappa shape index (κ3) is 2.69. The fraction of sp³-hybridized carbons (Fsp3) is 0.133. The molecule has 2 amide bonds. The van der Waals surface area contributed by atoms with Crippen molar-refractivity contribution >= 4 is 17.5 Å². The maximum atomic E-state index is 12.3. The number of carbonyl (C=O) groups excluding carboxylic acids is 2. The van der Waals surface area contributed by atoms with Gasteiger partial charge in [-0.25, -0.2) is 0 Å². The Bertz CT molecular complexity index is 824. The molecule has 1 aromatic carbocycles. The first-order valence-corrected chi connectivity index (χ1v) is 6.45. The molecule has 0 aliphatic heterocycles. The Hall–Kier alpha value is -3.09. The van der Waals surface area contributed by atoms with Crippen molar-refractivity contribution in [1.82, 2.24) is 4.98 Å². The molecule has 0 bridgehead atoms. The number of rotatable bonds is 3. The molecule has 1 aromatic heterocycles. The summed E-state index contributed by atoms with van der Waals surface area (Å²) in [6, 6.07) is 6.12. The number of nitrogens with two attached hydrogens (primary N) is 1. The molecule has 2 rings (SSSR count). The van der Waals surface area contributed by atoms with Gasteiger partial charge in [-0.1, -0.05) is 12.1 Å². The highest BCUT2D eigenvalue weighted by molar-refractivity contribution is 6.09. The van der Waals surface area contributed by atoms with Gasteiger partial charge >= 0.3 is 0 Å². The van der Waals surface area contributed by atoms with E-state index < -0.39 is 28.7 Å². The van der Waals surface area contributed by atoms with E-state index in [-0.39, 0.29) is 11.3 Å². The minimum atomic E-state index is -0.824. The molecule has 5 N–H and O–H groups in total. The quantitative estimate of drug-likeness (QED) is 0.676. The molecule has 0 saturated carbocycles. The first-order chi connectivity index (χ1) is 10.3. The average Bonchev–Trinajstić information content (AvgIpc) is 2.45. The topological polar surface area (TPSA) is 125 Å². The molecule has 7 heteroatoms. The smallest absolute Gasteiger partial charge is 0.265 e. The summed E-state index contributed by atoms with van der Waals surface area (Å²) in [7, 11) is 0. The Morgan fingerprint density at radius 3 is 2.50 bits per heavy atom. The van der Waals surface area contributed by atoms with E-state index in [2.05, 4.69) is 10.3 Å². The number of primary amides is 1. The van der Waals surface area contributed by atoms with Gasteiger partial charge < -0.3 is 21.1 Å². The second kappa shape index (κ2) is 5.72. The second-order valence-electron chi connectivity index (χ2n) is 4.79. The van der Waals surface area contributed by atoms with Crippen molar-refractivity contribution in [2.24, 2.45) is 5.73 Å². The lowest BCUT2D eigenvalue weighted by molar-refractivity contribution is 0.100. The molecule has 0 saturated heterocycles. The molecular formula is C15H15N3O4. The van der Waals surface area contributed by atoms with Gasteiger partial charge in [-0.2, -0.15) is 0 Å². The number of H-pyrrole nitrogens is 1. The summed E-state index contributed by atoms with van der Waals surface area (Å²) in [6.45, 7) is 3.19. The molecule has 0 radical (unpaired) electrons. The van der Waals surface area contributed by atoms with E-state index >= 15 is 0 Å². The zero-order chi connectivity index (χ0) is 16.4. The van der Waals surface area contributed by atoms with Crippen LogP contribution in [-0.4, -0.2) is 21.9 Å². The zero-order valence-electron chi connectivity index (χ0n) is 12.1. The predicted octanol–water partition coefficient (Wildman–Crippen LogP) is 1.05. The molecule has 0 spiro atoms. The van der Waals surface area contributed by atoms with Crippen molar-refractivity contribution in [3.63, 3.8) is 0 Å². The minimum absolute atomic E-state index is 0.107. The van der Waals surface area contributed by atoms with E-state index in [9.17, 15) is 19.5 Å². The summed E-state index contributed by atoms with van der Waals surface area (Å²) in [5.41, 5.74) is 5.23. The summed E-state index contributed by atoms with van der Waals surface area (Å²) < 4.78 is 0. The zero-order valence-corrected chi connectivity index (χ0v) is 12.1. The van der Waals surface area contributed by atoms with Crippen molar-refractivity contribution in [2.45, 2.75) is 13.8 Å². The van der Waals surface area contributed by atoms with Crippen molar-refractivity contribution < 1.29 is 14.7 Å². The number of aromatic nitrogens is 1.